The Morgan fingerprint density at radius 3 is 2.70 bits per heavy atom. The minimum Gasteiger partial charge on any atom is -0.488 e. The van der Waals surface area contributed by atoms with Crippen LogP contribution in [0.5, 0.6) is 5.75 Å². The van der Waals surface area contributed by atoms with Crippen molar-refractivity contribution in [2.24, 2.45) is 0 Å². The summed E-state index contributed by atoms with van der Waals surface area (Å²) in [5.41, 5.74) is 4.82. The smallest absolute Gasteiger partial charge is 0.196 e. The molecule has 0 saturated heterocycles. The molecule has 100 valence electrons. The highest BCUT2D eigenvalue weighted by Crippen LogP contribution is 2.28. The van der Waals surface area contributed by atoms with Crippen LogP contribution in [0.25, 0.3) is 6.08 Å². The van der Waals surface area contributed by atoms with Crippen LogP contribution in [0.15, 0.2) is 48.0 Å². The highest BCUT2D eigenvalue weighted by Gasteiger charge is 2.22. The van der Waals surface area contributed by atoms with Crippen molar-refractivity contribution >= 4 is 11.9 Å². The summed E-state index contributed by atoms with van der Waals surface area (Å²) >= 11 is 0. The van der Waals surface area contributed by atoms with E-state index in [1.165, 1.54) is 11.1 Å². The van der Waals surface area contributed by atoms with Crippen molar-refractivity contribution in [1.29, 1.82) is 0 Å². The molecule has 0 unspecified atom stereocenters. The van der Waals surface area contributed by atoms with E-state index in [0.717, 1.165) is 5.56 Å². The second-order valence-electron chi connectivity index (χ2n) is 5.14. The predicted molar refractivity (Wildman–Crippen MR) is 80.2 cm³/mol. The lowest BCUT2D eigenvalue weighted by atomic mass is 9.96. The molecule has 0 bridgehead atoms. The van der Waals surface area contributed by atoms with Gasteiger partial charge in [-0.05, 0) is 43.2 Å². The number of carbonyl (C=O) groups excluding carboxylic acids is 1. The Hall–Kier alpha value is -2.35. The first kappa shape index (κ1) is 12.7. The molecular weight excluding hydrogens is 248 g/mol. The molecule has 0 atom stereocenters. The van der Waals surface area contributed by atoms with E-state index >= 15 is 0 Å². The first-order valence-corrected chi connectivity index (χ1v) is 6.69. The minimum atomic E-state index is 0.0619. The number of para-hydroxylation sites is 1. The summed E-state index contributed by atoms with van der Waals surface area (Å²) in [6.07, 6.45) is 1.94. The number of hydrogen-bond acceptors (Lipinski definition) is 2. The van der Waals surface area contributed by atoms with E-state index in [4.69, 9.17) is 4.74 Å². The normalized spacial score (nSPS) is 15.9. The van der Waals surface area contributed by atoms with E-state index < -0.39 is 0 Å². The maximum atomic E-state index is 12.5. The van der Waals surface area contributed by atoms with Crippen molar-refractivity contribution in [3.8, 4) is 5.75 Å². The summed E-state index contributed by atoms with van der Waals surface area (Å²) < 4.78 is 5.65. The second-order valence-corrected chi connectivity index (χ2v) is 5.14. The van der Waals surface area contributed by atoms with E-state index in [9.17, 15) is 4.79 Å². The van der Waals surface area contributed by atoms with Gasteiger partial charge in [0.1, 0.15) is 12.4 Å². The zero-order valence-corrected chi connectivity index (χ0v) is 11.6. The van der Waals surface area contributed by atoms with Gasteiger partial charge < -0.3 is 4.74 Å². The van der Waals surface area contributed by atoms with Gasteiger partial charge in [0.15, 0.2) is 5.78 Å². The Kier molecular flexibility index (Phi) is 3.15. The molecule has 0 amide bonds. The van der Waals surface area contributed by atoms with Crippen LogP contribution in [-0.4, -0.2) is 12.4 Å². The van der Waals surface area contributed by atoms with E-state index in [2.05, 4.69) is 26.0 Å². The van der Waals surface area contributed by atoms with Crippen molar-refractivity contribution in [2.45, 2.75) is 13.8 Å². The van der Waals surface area contributed by atoms with Crippen LogP contribution < -0.4 is 4.74 Å². The van der Waals surface area contributed by atoms with Gasteiger partial charge in [-0.3, -0.25) is 4.79 Å². The zero-order chi connectivity index (χ0) is 14.1. The van der Waals surface area contributed by atoms with Gasteiger partial charge in [0.05, 0.1) is 5.56 Å². The van der Waals surface area contributed by atoms with Crippen molar-refractivity contribution < 1.29 is 9.53 Å². The fourth-order valence-corrected chi connectivity index (χ4v) is 2.46. The molecule has 1 heterocycles. The highest BCUT2D eigenvalue weighted by atomic mass is 16.5. The summed E-state index contributed by atoms with van der Waals surface area (Å²) in [4.78, 5) is 12.5. The fraction of sp³-hybridized carbons (Fsp3) is 0.167. The number of rotatable bonds is 1. The molecule has 1 aliphatic rings. The number of ketones is 1. The third kappa shape index (κ3) is 2.25. The molecule has 1 aliphatic heterocycles. The molecule has 2 nitrogen and oxygen atoms in total. The topological polar surface area (TPSA) is 26.3 Å². The van der Waals surface area contributed by atoms with Crippen LogP contribution >= 0.6 is 0 Å². The van der Waals surface area contributed by atoms with Crippen molar-refractivity contribution in [1.82, 2.24) is 0 Å². The van der Waals surface area contributed by atoms with Crippen molar-refractivity contribution in [2.75, 3.05) is 6.61 Å². The van der Waals surface area contributed by atoms with Gasteiger partial charge in [0, 0.05) is 5.57 Å². The maximum absolute atomic E-state index is 12.5. The number of ether oxygens (including phenoxy) is 1. The van der Waals surface area contributed by atoms with Gasteiger partial charge >= 0.3 is 0 Å². The van der Waals surface area contributed by atoms with E-state index in [1.54, 1.807) is 0 Å². The van der Waals surface area contributed by atoms with E-state index in [1.807, 2.05) is 36.4 Å². The average Bonchev–Trinajstić information content (AvgIpc) is 2.45. The molecule has 0 N–H and O–H groups in total. The summed E-state index contributed by atoms with van der Waals surface area (Å²) in [6.45, 7) is 4.46. The molecule has 0 radical (unpaired) electrons. The summed E-state index contributed by atoms with van der Waals surface area (Å²) in [5, 5.41) is 0. The SMILES string of the molecule is Cc1ccc(/C=C2/COc3ccccc3C2=O)c(C)c1. The van der Waals surface area contributed by atoms with Crippen LogP contribution in [0.4, 0.5) is 0 Å². The molecule has 2 aromatic rings. The standard InChI is InChI=1S/C18H16O2/c1-12-7-8-14(13(2)9-12)10-15-11-20-17-6-4-3-5-16(17)18(15)19/h3-10H,11H2,1-2H3/b15-10-. The Balaban J connectivity index is 2.00. The quantitative estimate of drug-likeness (QED) is 0.729. The number of aryl methyl sites for hydroxylation is 2. The van der Waals surface area contributed by atoms with E-state index in [0.29, 0.717) is 23.5 Å². The molecule has 20 heavy (non-hydrogen) atoms. The van der Waals surface area contributed by atoms with Crippen molar-refractivity contribution in [3.63, 3.8) is 0 Å². The van der Waals surface area contributed by atoms with Gasteiger partial charge in [0.2, 0.25) is 0 Å². The molecule has 0 aromatic heterocycles. The van der Waals surface area contributed by atoms with Gasteiger partial charge in [-0.15, -0.1) is 0 Å². The van der Waals surface area contributed by atoms with Gasteiger partial charge in [-0.2, -0.15) is 0 Å². The number of fused-ring (bicyclic) bond motifs is 1. The average molecular weight is 264 g/mol. The Bertz CT molecular complexity index is 711. The molecule has 0 aliphatic carbocycles. The van der Waals surface area contributed by atoms with Crippen LogP contribution in [0.2, 0.25) is 0 Å². The number of Topliss-reactive ketones (excluding diaryl/α,β-unsaturated/α-hetero) is 1. The zero-order valence-electron chi connectivity index (χ0n) is 11.6. The number of benzene rings is 2. The lowest BCUT2D eigenvalue weighted by Crippen LogP contribution is -2.18. The van der Waals surface area contributed by atoms with E-state index in [-0.39, 0.29) is 5.78 Å². The third-order valence-corrected chi connectivity index (χ3v) is 3.56. The maximum Gasteiger partial charge on any atom is 0.196 e. The minimum absolute atomic E-state index is 0.0619. The van der Waals surface area contributed by atoms with Gasteiger partial charge in [0.25, 0.3) is 0 Å². The third-order valence-electron chi connectivity index (χ3n) is 3.56. The molecule has 0 fully saturated rings. The molecular formula is C18H16O2. The number of carbonyl (C=O) groups is 1. The molecule has 2 heteroatoms. The van der Waals surface area contributed by atoms with Gasteiger partial charge in [-0.25, -0.2) is 0 Å². The summed E-state index contributed by atoms with van der Waals surface area (Å²) in [7, 11) is 0. The lowest BCUT2D eigenvalue weighted by molar-refractivity contribution is 0.100. The van der Waals surface area contributed by atoms with Crippen molar-refractivity contribution in [3.05, 3.63) is 70.3 Å². The first-order chi connectivity index (χ1) is 9.65. The predicted octanol–water partition coefficient (Wildman–Crippen LogP) is 3.96. The lowest BCUT2D eigenvalue weighted by Gasteiger charge is -2.18. The Morgan fingerprint density at radius 1 is 1.10 bits per heavy atom. The monoisotopic (exact) mass is 264 g/mol. The second kappa shape index (κ2) is 4.97. The first-order valence-electron chi connectivity index (χ1n) is 6.69. The van der Waals surface area contributed by atoms with Crippen LogP contribution in [0, 0.1) is 13.8 Å². The summed E-state index contributed by atoms with van der Waals surface area (Å²) in [5.74, 6) is 0.738. The van der Waals surface area contributed by atoms with Gasteiger partial charge in [-0.1, -0.05) is 35.9 Å². The molecule has 0 saturated carbocycles. The van der Waals surface area contributed by atoms with Crippen LogP contribution in [0.3, 0.4) is 0 Å². The Labute approximate surface area is 118 Å². The Morgan fingerprint density at radius 2 is 1.90 bits per heavy atom. The fourth-order valence-electron chi connectivity index (χ4n) is 2.46. The largest absolute Gasteiger partial charge is 0.488 e. The summed E-state index contributed by atoms with van der Waals surface area (Å²) in [6, 6.07) is 13.6. The molecule has 3 rings (SSSR count). The molecule has 2 aromatic carbocycles. The number of hydrogen-bond donors (Lipinski definition) is 0. The van der Waals surface area contributed by atoms with Crippen LogP contribution in [-0.2, 0) is 0 Å². The molecule has 0 spiro atoms. The highest BCUT2D eigenvalue weighted by molar-refractivity contribution is 6.14. The van der Waals surface area contributed by atoms with Crippen LogP contribution in [0.1, 0.15) is 27.0 Å².